The smallest absolute Gasteiger partial charge is 0.161 e. The van der Waals surface area contributed by atoms with Gasteiger partial charge in [-0.1, -0.05) is 32.9 Å². The van der Waals surface area contributed by atoms with Gasteiger partial charge in [-0.3, -0.25) is 0 Å². The third-order valence-electron chi connectivity index (χ3n) is 3.00. The van der Waals surface area contributed by atoms with Crippen molar-refractivity contribution in [2.75, 3.05) is 6.54 Å². The van der Waals surface area contributed by atoms with Crippen molar-refractivity contribution in [3.8, 4) is 0 Å². The molecule has 0 aromatic rings. The molecule has 0 radical (unpaired) electrons. The van der Waals surface area contributed by atoms with Crippen LogP contribution in [0.4, 0.5) is 0 Å². The summed E-state index contributed by atoms with van der Waals surface area (Å²) in [5, 5.41) is 0. The summed E-state index contributed by atoms with van der Waals surface area (Å²) in [5.41, 5.74) is 2.10. The summed E-state index contributed by atoms with van der Waals surface area (Å²) in [7, 11) is 0. The lowest BCUT2D eigenvalue weighted by atomic mass is 9.86. The second-order valence-electron chi connectivity index (χ2n) is 6.48. The maximum Gasteiger partial charge on any atom is 0.161 e. The van der Waals surface area contributed by atoms with Crippen LogP contribution in [0.5, 0.6) is 0 Å². The largest absolute Gasteiger partial charge is 0.232 e. The van der Waals surface area contributed by atoms with Gasteiger partial charge in [0.2, 0.25) is 0 Å². The molecule has 0 aromatic heterocycles. The summed E-state index contributed by atoms with van der Waals surface area (Å²) in [6, 6.07) is 0. The van der Waals surface area contributed by atoms with Crippen molar-refractivity contribution in [1.82, 2.24) is 0 Å². The van der Waals surface area contributed by atoms with Crippen molar-refractivity contribution in [1.29, 1.82) is 0 Å². The van der Waals surface area contributed by atoms with Crippen molar-refractivity contribution < 1.29 is 4.58 Å². The molecular formula is C14H26N+. The fourth-order valence-electron chi connectivity index (χ4n) is 2.21. The third-order valence-corrected chi connectivity index (χ3v) is 3.00. The summed E-state index contributed by atoms with van der Waals surface area (Å²) < 4.78 is 2.59. The normalized spacial score (nSPS) is 19.3. The molecule has 1 aliphatic rings. The average molecular weight is 208 g/mol. The molecule has 0 aliphatic carbocycles. The van der Waals surface area contributed by atoms with Gasteiger partial charge in [0.1, 0.15) is 6.54 Å². The minimum atomic E-state index is 0.245. The van der Waals surface area contributed by atoms with E-state index in [1.807, 2.05) is 0 Å². The fourth-order valence-corrected chi connectivity index (χ4v) is 2.21. The van der Waals surface area contributed by atoms with Gasteiger partial charge in [0, 0.05) is 18.3 Å². The zero-order valence-electron chi connectivity index (χ0n) is 11.2. The zero-order chi connectivity index (χ0) is 11.7. The van der Waals surface area contributed by atoms with Crippen LogP contribution in [0.1, 0.15) is 54.4 Å². The first-order chi connectivity index (χ1) is 6.73. The van der Waals surface area contributed by atoms with Gasteiger partial charge in [-0.05, 0) is 20.8 Å². The maximum atomic E-state index is 2.59. The number of rotatable bonds is 0. The molecule has 15 heavy (non-hydrogen) atoms. The van der Waals surface area contributed by atoms with E-state index >= 15 is 0 Å². The molecule has 0 fully saturated rings. The summed E-state index contributed by atoms with van der Waals surface area (Å²) in [5.74, 6) is 0. The first-order valence-corrected chi connectivity index (χ1v) is 6.02. The lowest BCUT2D eigenvalue weighted by Crippen LogP contribution is -2.42. The molecule has 0 N–H and O–H groups in total. The van der Waals surface area contributed by atoms with Crippen LogP contribution in [0.3, 0.4) is 0 Å². The Bertz CT molecular complexity index is 281. The molecule has 0 atom stereocenters. The van der Waals surface area contributed by atoms with Crippen LogP contribution in [0.15, 0.2) is 12.2 Å². The molecule has 86 valence electrons. The van der Waals surface area contributed by atoms with E-state index < -0.39 is 0 Å². The number of allylic oxidation sites excluding steroid dienone is 1. The van der Waals surface area contributed by atoms with Gasteiger partial charge in [0.15, 0.2) is 11.3 Å². The van der Waals surface area contributed by atoms with Crippen molar-refractivity contribution in [3.05, 3.63) is 12.2 Å². The van der Waals surface area contributed by atoms with E-state index in [-0.39, 0.29) is 11.0 Å². The highest BCUT2D eigenvalue weighted by molar-refractivity contribution is 5.86. The highest BCUT2D eigenvalue weighted by Crippen LogP contribution is 2.24. The van der Waals surface area contributed by atoms with Gasteiger partial charge in [0.25, 0.3) is 0 Å². The monoisotopic (exact) mass is 208 g/mol. The van der Waals surface area contributed by atoms with Gasteiger partial charge in [-0.15, -0.1) is 0 Å². The van der Waals surface area contributed by atoms with Crippen LogP contribution < -0.4 is 0 Å². The fraction of sp³-hybridized carbons (Fsp3) is 0.786. The predicted molar refractivity (Wildman–Crippen MR) is 67.7 cm³/mol. The Hall–Kier alpha value is -0.590. The quantitative estimate of drug-likeness (QED) is 0.422. The summed E-state index contributed by atoms with van der Waals surface area (Å²) >= 11 is 0. The molecule has 0 saturated carbocycles. The van der Waals surface area contributed by atoms with E-state index in [2.05, 4.69) is 58.3 Å². The molecule has 0 unspecified atom stereocenters. The van der Waals surface area contributed by atoms with Crippen LogP contribution in [-0.4, -0.2) is 22.4 Å². The molecule has 0 aromatic carbocycles. The molecule has 1 heteroatoms. The van der Waals surface area contributed by atoms with Gasteiger partial charge in [0.05, 0.1) is 0 Å². The number of hydrogen-bond donors (Lipinski definition) is 0. The van der Waals surface area contributed by atoms with E-state index in [4.69, 9.17) is 0 Å². The van der Waals surface area contributed by atoms with Crippen molar-refractivity contribution >= 4 is 5.71 Å². The van der Waals surface area contributed by atoms with E-state index in [1.54, 1.807) is 5.71 Å². The second-order valence-corrected chi connectivity index (χ2v) is 6.48. The maximum absolute atomic E-state index is 2.59. The van der Waals surface area contributed by atoms with Crippen LogP contribution in [0, 0.1) is 5.41 Å². The Morgan fingerprint density at radius 2 is 1.60 bits per heavy atom. The standard InChI is InChI=1S/C14H26N/c1-13(2,3)12-10-8-7-9-11-15(12)14(4,5)6/h7-8H,9-11H2,1-6H3/q+1. The lowest BCUT2D eigenvalue weighted by Gasteiger charge is -2.26. The molecule has 0 amide bonds. The molecular weight excluding hydrogens is 182 g/mol. The minimum Gasteiger partial charge on any atom is -0.232 e. The Labute approximate surface area is 94.9 Å². The molecule has 1 aliphatic heterocycles. The van der Waals surface area contributed by atoms with Crippen molar-refractivity contribution in [3.63, 3.8) is 0 Å². The van der Waals surface area contributed by atoms with E-state index in [1.165, 1.54) is 6.42 Å². The topological polar surface area (TPSA) is 3.01 Å². The molecule has 1 rings (SSSR count). The van der Waals surface area contributed by atoms with Gasteiger partial charge in [-0.25, -0.2) is 4.58 Å². The van der Waals surface area contributed by atoms with E-state index in [9.17, 15) is 0 Å². The molecule has 0 spiro atoms. The van der Waals surface area contributed by atoms with E-state index in [0.717, 1.165) is 13.0 Å². The Morgan fingerprint density at radius 1 is 1.00 bits per heavy atom. The second kappa shape index (κ2) is 4.11. The SMILES string of the molecule is CC(C)(C)C1=[N+](C(C)(C)C)CCC=CC1. The Morgan fingerprint density at radius 3 is 2.07 bits per heavy atom. The summed E-state index contributed by atoms with van der Waals surface area (Å²) in [6.45, 7) is 15.0. The molecule has 1 nitrogen and oxygen atoms in total. The molecule has 0 saturated heterocycles. The third kappa shape index (κ3) is 3.19. The molecule has 0 bridgehead atoms. The van der Waals surface area contributed by atoms with Crippen molar-refractivity contribution in [2.45, 2.75) is 59.9 Å². The van der Waals surface area contributed by atoms with Crippen LogP contribution in [0.2, 0.25) is 0 Å². The number of nitrogens with zero attached hydrogens (tertiary/aromatic N) is 1. The highest BCUT2D eigenvalue weighted by Gasteiger charge is 2.34. The van der Waals surface area contributed by atoms with Crippen LogP contribution in [-0.2, 0) is 0 Å². The van der Waals surface area contributed by atoms with Gasteiger partial charge in [-0.2, -0.15) is 0 Å². The highest BCUT2D eigenvalue weighted by atomic mass is 15.1. The minimum absolute atomic E-state index is 0.245. The van der Waals surface area contributed by atoms with E-state index in [0.29, 0.717) is 0 Å². The first-order valence-electron chi connectivity index (χ1n) is 6.02. The average Bonchev–Trinajstić information content (AvgIpc) is 2.24. The number of hydrogen-bond acceptors (Lipinski definition) is 0. The summed E-state index contributed by atoms with van der Waals surface area (Å²) in [6.07, 6.45) is 6.93. The lowest BCUT2D eigenvalue weighted by molar-refractivity contribution is -0.599. The van der Waals surface area contributed by atoms with Crippen molar-refractivity contribution in [2.24, 2.45) is 5.41 Å². The zero-order valence-corrected chi connectivity index (χ0v) is 11.2. The Balaban J connectivity index is 3.17. The van der Waals surface area contributed by atoms with Gasteiger partial charge >= 0.3 is 0 Å². The summed E-state index contributed by atoms with van der Waals surface area (Å²) in [4.78, 5) is 0. The predicted octanol–water partition coefficient (Wildman–Crippen LogP) is 3.63. The Kier molecular flexibility index (Phi) is 3.42. The van der Waals surface area contributed by atoms with Crippen LogP contribution >= 0.6 is 0 Å². The molecule has 1 heterocycles. The van der Waals surface area contributed by atoms with Crippen LogP contribution in [0.25, 0.3) is 0 Å². The van der Waals surface area contributed by atoms with Gasteiger partial charge < -0.3 is 0 Å². The first kappa shape index (κ1) is 12.5.